The summed E-state index contributed by atoms with van der Waals surface area (Å²) >= 11 is 11.4. The van der Waals surface area contributed by atoms with E-state index in [2.05, 4.69) is 15.1 Å². The lowest BCUT2D eigenvalue weighted by atomic mass is 10.4. The van der Waals surface area contributed by atoms with Crippen LogP contribution in [-0.4, -0.2) is 19.7 Å². The summed E-state index contributed by atoms with van der Waals surface area (Å²) in [6.07, 6.45) is 3.55. The van der Waals surface area contributed by atoms with E-state index in [9.17, 15) is 0 Å². The molecule has 6 heteroatoms. The lowest BCUT2D eigenvalue weighted by Crippen LogP contribution is -1.99. The van der Waals surface area contributed by atoms with Crippen molar-refractivity contribution in [1.29, 1.82) is 0 Å². The summed E-state index contributed by atoms with van der Waals surface area (Å²) in [5.41, 5.74) is 1.04. The molecule has 0 saturated heterocycles. The van der Waals surface area contributed by atoms with Gasteiger partial charge in [-0.15, -0.1) is 0 Å². The van der Waals surface area contributed by atoms with E-state index < -0.39 is 0 Å². The lowest BCUT2D eigenvalue weighted by molar-refractivity contribution is 0.839. The van der Waals surface area contributed by atoms with Crippen molar-refractivity contribution in [3.05, 3.63) is 34.5 Å². The van der Waals surface area contributed by atoms with Crippen molar-refractivity contribution < 1.29 is 0 Å². The van der Waals surface area contributed by atoms with Crippen LogP contribution in [0.2, 0.25) is 10.4 Å². The van der Waals surface area contributed by atoms with Crippen molar-refractivity contribution >= 4 is 23.2 Å². The second kappa shape index (κ2) is 3.55. The van der Waals surface area contributed by atoms with E-state index in [-0.39, 0.29) is 5.28 Å². The Bertz CT molecular complexity index is 446. The fourth-order valence-electron chi connectivity index (χ4n) is 1.03. The van der Waals surface area contributed by atoms with E-state index in [0.29, 0.717) is 11.0 Å². The molecule has 72 valence electrons. The number of halogens is 2. The highest BCUT2D eigenvalue weighted by atomic mass is 35.5. The van der Waals surface area contributed by atoms with Crippen LogP contribution in [0.15, 0.2) is 18.5 Å². The van der Waals surface area contributed by atoms with Crippen molar-refractivity contribution in [2.24, 2.45) is 0 Å². The summed E-state index contributed by atoms with van der Waals surface area (Å²) < 4.78 is 1.59. The quantitative estimate of drug-likeness (QED) is 0.556. The Morgan fingerprint density at radius 3 is 2.64 bits per heavy atom. The van der Waals surface area contributed by atoms with E-state index in [4.69, 9.17) is 23.2 Å². The number of aromatic nitrogens is 4. The molecule has 0 fully saturated rings. The van der Waals surface area contributed by atoms with Gasteiger partial charge < -0.3 is 0 Å². The Balaban J connectivity index is 2.51. The van der Waals surface area contributed by atoms with Gasteiger partial charge in [0.2, 0.25) is 5.28 Å². The second-order valence-electron chi connectivity index (χ2n) is 2.78. The largest absolute Gasteiger partial charge is 0.225 e. The summed E-state index contributed by atoms with van der Waals surface area (Å²) in [5, 5.41) is 4.49. The maximum atomic E-state index is 5.73. The van der Waals surface area contributed by atoms with Gasteiger partial charge in [0.05, 0.1) is 6.20 Å². The normalized spacial score (nSPS) is 10.5. The van der Waals surface area contributed by atoms with Gasteiger partial charge in [-0.05, 0) is 24.1 Å². The zero-order valence-corrected chi connectivity index (χ0v) is 8.79. The topological polar surface area (TPSA) is 43.6 Å². The molecule has 2 rings (SSSR count). The highest BCUT2D eigenvalue weighted by molar-refractivity contribution is 6.31. The average Bonchev–Trinajstić information content (AvgIpc) is 2.50. The molecule has 0 unspecified atom stereocenters. The summed E-state index contributed by atoms with van der Waals surface area (Å²) in [5.74, 6) is 0.558. The molecule has 0 saturated carbocycles. The average molecular weight is 229 g/mol. The van der Waals surface area contributed by atoms with Gasteiger partial charge in [0.15, 0.2) is 5.82 Å². The van der Waals surface area contributed by atoms with E-state index in [1.165, 1.54) is 0 Å². The Labute approximate surface area is 90.5 Å². The summed E-state index contributed by atoms with van der Waals surface area (Å²) in [7, 11) is 0. The molecule has 0 aliphatic rings. The van der Waals surface area contributed by atoms with Crippen LogP contribution in [0.5, 0.6) is 0 Å². The van der Waals surface area contributed by atoms with Gasteiger partial charge in [0, 0.05) is 12.3 Å². The Morgan fingerprint density at radius 2 is 2.07 bits per heavy atom. The van der Waals surface area contributed by atoms with Crippen molar-refractivity contribution in [3.63, 3.8) is 0 Å². The van der Waals surface area contributed by atoms with Gasteiger partial charge in [-0.2, -0.15) is 10.1 Å². The molecule has 0 amide bonds. The highest BCUT2D eigenvalue weighted by Gasteiger charge is 2.03. The molecule has 2 aromatic heterocycles. The molecular formula is C8H6Cl2N4. The van der Waals surface area contributed by atoms with Crippen LogP contribution >= 0.6 is 23.2 Å². The second-order valence-corrected chi connectivity index (χ2v) is 3.51. The van der Waals surface area contributed by atoms with E-state index >= 15 is 0 Å². The predicted molar refractivity (Wildman–Crippen MR) is 53.9 cm³/mol. The first-order valence-corrected chi connectivity index (χ1v) is 4.62. The molecule has 0 atom stereocenters. The number of aryl methyl sites for hydroxylation is 1. The van der Waals surface area contributed by atoms with E-state index in [1.807, 2.05) is 13.1 Å². The Kier molecular flexibility index (Phi) is 2.39. The van der Waals surface area contributed by atoms with Gasteiger partial charge in [-0.25, -0.2) is 9.67 Å². The van der Waals surface area contributed by atoms with Crippen molar-refractivity contribution in [1.82, 2.24) is 19.7 Å². The molecule has 0 spiro atoms. The molecule has 0 aliphatic carbocycles. The van der Waals surface area contributed by atoms with Gasteiger partial charge >= 0.3 is 0 Å². The maximum Gasteiger partial charge on any atom is 0.225 e. The molecule has 0 aliphatic heterocycles. The Morgan fingerprint density at radius 1 is 1.29 bits per heavy atom. The van der Waals surface area contributed by atoms with Crippen LogP contribution in [0.3, 0.4) is 0 Å². The van der Waals surface area contributed by atoms with Gasteiger partial charge in [0.25, 0.3) is 0 Å². The van der Waals surface area contributed by atoms with Crippen LogP contribution in [0.4, 0.5) is 0 Å². The zero-order valence-electron chi connectivity index (χ0n) is 7.28. The summed E-state index contributed by atoms with van der Waals surface area (Å²) in [4.78, 5) is 7.73. The first-order chi connectivity index (χ1) is 6.65. The fraction of sp³-hybridized carbons (Fsp3) is 0.125. The SMILES string of the molecule is Cc1cnn(-c2cc(Cl)nc(Cl)n2)c1. The van der Waals surface area contributed by atoms with Crippen molar-refractivity contribution in [2.75, 3.05) is 0 Å². The fourth-order valence-corrected chi connectivity index (χ4v) is 1.43. The third kappa shape index (κ3) is 1.86. The number of nitrogens with zero attached hydrogens (tertiary/aromatic N) is 4. The molecule has 2 aromatic rings. The molecule has 14 heavy (non-hydrogen) atoms. The van der Waals surface area contributed by atoms with Crippen LogP contribution < -0.4 is 0 Å². The molecular weight excluding hydrogens is 223 g/mol. The smallest absolute Gasteiger partial charge is 0.222 e. The third-order valence-electron chi connectivity index (χ3n) is 1.60. The van der Waals surface area contributed by atoms with Crippen LogP contribution in [0.1, 0.15) is 5.56 Å². The van der Waals surface area contributed by atoms with Gasteiger partial charge in [0.1, 0.15) is 5.15 Å². The molecule has 0 aromatic carbocycles. The minimum Gasteiger partial charge on any atom is -0.222 e. The molecule has 0 bridgehead atoms. The molecule has 4 nitrogen and oxygen atoms in total. The van der Waals surface area contributed by atoms with E-state index in [1.54, 1.807) is 16.9 Å². The first-order valence-electron chi connectivity index (χ1n) is 3.87. The van der Waals surface area contributed by atoms with Crippen molar-refractivity contribution in [2.45, 2.75) is 6.92 Å². The predicted octanol–water partition coefficient (Wildman–Crippen LogP) is 2.28. The standard InChI is InChI=1S/C8H6Cl2N4/c1-5-3-11-14(4-5)7-2-6(9)12-8(10)13-7/h2-4H,1H3. The van der Waals surface area contributed by atoms with Crippen molar-refractivity contribution in [3.8, 4) is 5.82 Å². The highest BCUT2D eigenvalue weighted by Crippen LogP contribution is 2.13. The summed E-state index contributed by atoms with van der Waals surface area (Å²) in [6.45, 7) is 1.94. The number of hydrogen-bond acceptors (Lipinski definition) is 3. The van der Waals surface area contributed by atoms with Crippen LogP contribution in [0.25, 0.3) is 5.82 Å². The zero-order chi connectivity index (χ0) is 10.1. The van der Waals surface area contributed by atoms with Gasteiger partial charge in [-0.3, -0.25) is 0 Å². The monoisotopic (exact) mass is 228 g/mol. The van der Waals surface area contributed by atoms with Gasteiger partial charge in [-0.1, -0.05) is 11.6 Å². The molecule has 0 N–H and O–H groups in total. The maximum absolute atomic E-state index is 5.73. The minimum absolute atomic E-state index is 0.112. The molecule has 0 radical (unpaired) electrons. The minimum atomic E-state index is 0.112. The number of hydrogen-bond donors (Lipinski definition) is 0. The van der Waals surface area contributed by atoms with Crippen LogP contribution in [0, 0.1) is 6.92 Å². The lowest BCUT2D eigenvalue weighted by Gasteiger charge is -2.00. The first kappa shape index (κ1) is 9.43. The number of rotatable bonds is 1. The Hall–Kier alpha value is -1.13. The van der Waals surface area contributed by atoms with E-state index in [0.717, 1.165) is 5.56 Å². The summed E-state index contributed by atoms with van der Waals surface area (Å²) in [6, 6.07) is 1.60. The van der Waals surface area contributed by atoms with Crippen LogP contribution in [-0.2, 0) is 0 Å². The molecule has 2 heterocycles. The third-order valence-corrected chi connectivity index (χ3v) is 1.96.